The maximum atomic E-state index is 12.9. The number of ether oxygens (including phenoxy) is 5. The van der Waals surface area contributed by atoms with E-state index in [0.29, 0.717) is 29.0 Å². The topological polar surface area (TPSA) is 63.2 Å². The summed E-state index contributed by atoms with van der Waals surface area (Å²) in [7, 11) is 3.09. The molecule has 1 aromatic carbocycles. The fourth-order valence-electron chi connectivity index (χ4n) is 3.52. The molecule has 1 fully saturated rings. The molecule has 170 valence electrons. The van der Waals surface area contributed by atoms with Gasteiger partial charge in [-0.1, -0.05) is 24.3 Å². The third kappa shape index (κ3) is 6.71. The van der Waals surface area contributed by atoms with Gasteiger partial charge in [0.05, 0.1) is 20.3 Å². The van der Waals surface area contributed by atoms with E-state index in [4.69, 9.17) is 23.7 Å². The monoisotopic (exact) mass is 430 g/mol. The van der Waals surface area contributed by atoms with Crippen LogP contribution in [0, 0.1) is 0 Å². The molecule has 0 spiro atoms. The molecule has 2 rings (SSSR count). The van der Waals surface area contributed by atoms with Crippen LogP contribution >= 0.6 is 0 Å². The van der Waals surface area contributed by atoms with Crippen molar-refractivity contribution in [1.29, 1.82) is 0 Å². The lowest BCUT2D eigenvalue weighted by atomic mass is 10.0. The van der Waals surface area contributed by atoms with Gasteiger partial charge in [0.1, 0.15) is 29.3 Å². The molecule has 0 bridgehead atoms. The summed E-state index contributed by atoms with van der Waals surface area (Å²) in [5, 5.41) is 0. The summed E-state index contributed by atoms with van der Waals surface area (Å²) in [4.78, 5) is 12.9. The van der Waals surface area contributed by atoms with E-state index in [2.05, 4.69) is 13.2 Å². The summed E-state index contributed by atoms with van der Waals surface area (Å²) in [5.41, 5.74) is 1.03. The Bertz CT molecular complexity index is 810. The fourth-order valence-corrected chi connectivity index (χ4v) is 3.52. The largest absolute Gasteiger partial charge is 0.497 e. The van der Waals surface area contributed by atoms with E-state index in [1.807, 2.05) is 32.9 Å². The Kier molecular flexibility index (Phi) is 8.89. The van der Waals surface area contributed by atoms with Crippen LogP contribution in [-0.2, 0) is 14.2 Å². The molecule has 6 heteroatoms. The first-order valence-corrected chi connectivity index (χ1v) is 10.5. The zero-order chi connectivity index (χ0) is 23.0. The molecular weight excluding hydrogens is 396 g/mol. The number of carbonyl (C=O) groups excluding carboxylic acids is 1. The molecule has 1 aliphatic rings. The molecule has 0 saturated carbocycles. The third-order valence-corrected chi connectivity index (χ3v) is 4.94. The van der Waals surface area contributed by atoms with Crippen LogP contribution < -0.4 is 9.47 Å². The average Bonchev–Trinajstić information content (AvgIpc) is 3.03. The van der Waals surface area contributed by atoms with Gasteiger partial charge in [0, 0.05) is 12.5 Å². The van der Waals surface area contributed by atoms with Crippen molar-refractivity contribution < 1.29 is 28.5 Å². The summed E-state index contributed by atoms with van der Waals surface area (Å²) >= 11 is 0. The summed E-state index contributed by atoms with van der Waals surface area (Å²) in [6, 6.07) is 3.46. The average molecular weight is 431 g/mol. The van der Waals surface area contributed by atoms with Gasteiger partial charge in [0.25, 0.3) is 0 Å². The van der Waals surface area contributed by atoms with Gasteiger partial charge in [-0.15, -0.1) is 13.2 Å². The molecule has 0 unspecified atom stereocenters. The maximum absolute atomic E-state index is 12.9. The first kappa shape index (κ1) is 24.7. The Labute approximate surface area is 185 Å². The van der Waals surface area contributed by atoms with Crippen molar-refractivity contribution in [3.05, 3.63) is 54.6 Å². The molecule has 6 nitrogen and oxygen atoms in total. The van der Waals surface area contributed by atoms with Crippen LogP contribution in [0.5, 0.6) is 11.5 Å². The van der Waals surface area contributed by atoms with Gasteiger partial charge in [0.15, 0.2) is 5.79 Å². The number of rotatable bonds is 11. The Morgan fingerprint density at radius 2 is 1.97 bits per heavy atom. The van der Waals surface area contributed by atoms with E-state index < -0.39 is 11.8 Å². The standard InChI is InChI=1S/C25H34O6/c1-8-12-17(3)29-24(26)23-18(15-19(27-6)16-22(23)28-7)13-10-11-14-21-20(9-2)30-25(4,5)31-21/h8-10,13,15-17,20-21H,1-2,11-12,14H2,3-7H3/b13-10+/t17-,20+,21-/m0/s1. The Balaban J connectivity index is 2.20. The molecule has 1 saturated heterocycles. The lowest BCUT2D eigenvalue weighted by Gasteiger charge is -2.17. The first-order chi connectivity index (χ1) is 14.7. The van der Waals surface area contributed by atoms with Gasteiger partial charge in [0.2, 0.25) is 0 Å². The number of hydrogen-bond acceptors (Lipinski definition) is 6. The van der Waals surface area contributed by atoms with Crippen LogP contribution in [0.4, 0.5) is 0 Å². The molecule has 3 atom stereocenters. The summed E-state index contributed by atoms with van der Waals surface area (Å²) in [5.74, 6) is -0.0783. The third-order valence-electron chi connectivity index (χ3n) is 4.94. The lowest BCUT2D eigenvalue weighted by molar-refractivity contribution is -0.143. The van der Waals surface area contributed by atoms with Crippen molar-refractivity contribution in [2.75, 3.05) is 14.2 Å². The minimum absolute atomic E-state index is 0.0683. The van der Waals surface area contributed by atoms with Gasteiger partial charge in [-0.05, 0) is 45.2 Å². The zero-order valence-electron chi connectivity index (χ0n) is 19.2. The number of methoxy groups -OCH3 is 2. The van der Waals surface area contributed by atoms with Crippen molar-refractivity contribution in [2.45, 2.75) is 64.1 Å². The highest BCUT2D eigenvalue weighted by molar-refractivity contribution is 5.97. The maximum Gasteiger partial charge on any atom is 0.342 e. The van der Waals surface area contributed by atoms with Gasteiger partial charge >= 0.3 is 5.97 Å². The van der Waals surface area contributed by atoms with Crippen molar-refractivity contribution in [3.8, 4) is 11.5 Å². The second-order valence-electron chi connectivity index (χ2n) is 7.89. The van der Waals surface area contributed by atoms with Crippen LogP contribution in [0.25, 0.3) is 6.08 Å². The number of allylic oxidation sites excluding steroid dienone is 1. The van der Waals surface area contributed by atoms with Crippen LogP contribution in [0.3, 0.4) is 0 Å². The van der Waals surface area contributed by atoms with Gasteiger partial charge in [-0.25, -0.2) is 4.79 Å². The zero-order valence-corrected chi connectivity index (χ0v) is 19.2. The second kappa shape index (κ2) is 11.2. The van der Waals surface area contributed by atoms with Crippen molar-refractivity contribution >= 4 is 12.0 Å². The summed E-state index contributed by atoms with van der Waals surface area (Å²) in [6.07, 6.45) is 8.93. The molecule has 0 radical (unpaired) electrons. The molecule has 1 heterocycles. The van der Waals surface area contributed by atoms with Crippen LogP contribution in [0.1, 0.15) is 56.0 Å². The second-order valence-corrected chi connectivity index (χ2v) is 7.89. The number of benzene rings is 1. The molecule has 0 aliphatic carbocycles. The van der Waals surface area contributed by atoms with E-state index in [1.165, 1.54) is 7.11 Å². The minimum atomic E-state index is -0.619. The summed E-state index contributed by atoms with van der Waals surface area (Å²) in [6.45, 7) is 13.1. The summed E-state index contributed by atoms with van der Waals surface area (Å²) < 4.78 is 28.2. The Morgan fingerprint density at radius 1 is 1.23 bits per heavy atom. The molecule has 1 aromatic rings. The Morgan fingerprint density at radius 3 is 2.58 bits per heavy atom. The Hall–Kier alpha value is -2.57. The predicted octanol–water partition coefficient (Wildman–Crippen LogP) is 5.32. The van der Waals surface area contributed by atoms with Gasteiger partial charge in [-0.2, -0.15) is 0 Å². The molecule has 0 N–H and O–H groups in total. The van der Waals surface area contributed by atoms with Gasteiger partial charge in [-0.3, -0.25) is 0 Å². The molecule has 0 aromatic heterocycles. The van der Waals surface area contributed by atoms with E-state index in [1.54, 1.807) is 31.4 Å². The highest BCUT2D eigenvalue weighted by Crippen LogP contribution is 2.33. The predicted molar refractivity (Wildman–Crippen MR) is 122 cm³/mol. The van der Waals surface area contributed by atoms with E-state index in [-0.39, 0.29) is 18.3 Å². The highest BCUT2D eigenvalue weighted by Gasteiger charge is 2.38. The number of hydrogen-bond donors (Lipinski definition) is 0. The number of esters is 1. The quantitative estimate of drug-likeness (QED) is 0.349. The molecule has 0 amide bonds. The number of carbonyl (C=O) groups is 1. The van der Waals surface area contributed by atoms with Gasteiger partial charge < -0.3 is 23.7 Å². The first-order valence-electron chi connectivity index (χ1n) is 10.5. The smallest absolute Gasteiger partial charge is 0.342 e. The van der Waals surface area contributed by atoms with E-state index in [0.717, 1.165) is 12.8 Å². The van der Waals surface area contributed by atoms with Crippen molar-refractivity contribution in [2.24, 2.45) is 0 Å². The lowest BCUT2D eigenvalue weighted by Crippen LogP contribution is -2.21. The van der Waals surface area contributed by atoms with Crippen LogP contribution in [-0.4, -0.2) is 44.3 Å². The normalized spacial score (nSPS) is 20.9. The van der Waals surface area contributed by atoms with E-state index in [9.17, 15) is 4.79 Å². The van der Waals surface area contributed by atoms with Crippen molar-refractivity contribution in [3.63, 3.8) is 0 Å². The molecular formula is C25H34O6. The van der Waals surface area contributed by atoms with Crippen LogP contribution in [0.15, 0.2) is 43.5 Å². The minimum Gasteiger partial charge on any atom is -0.497 e. The van der Waals surface area contributed by atoms with E-state index >= 15 is 0 Å². The highest BCUT2D eigenvalue weighted by atomic mass is 16.7. The fraction of sp³-hybridized carbons (Fsp3) is 0.480. The SMILES string of the molecule is C=CC[C@H](C)OC(=O)c1c(/C=C/CC[C@@H]2OC(C)(C)O[C@@H]2C=C)cc(OC)cc1OC. The van der Waals surface area contributed by atoms with Crippen molar-refractivity contribution in [1.82, 2.24) is 0 Å². The molecule has 1 aliphatic heterocycles. The van der Waals surface area contributed by atoms with Crippen LogP contribution in [0.2, 0.25) is 0 Å². The molecule has 31 heavy (non-hydrogen) atoms.